The van der Waals surface area contributed by atoms with Crippen molar-refractivity contribution < 1.29 is 9.34 Å². The van der Waals surface area contributed by atoms with Crippen LogP contribution in [0.2, 0.25) is 0 Å². The molecule has 21 heavy (non-hydrogen) atoms. The van der Waals surface area contributed by atoms with Crippen molar-refractivity contribution in [2.75, 3.05) is 11.6 Å². The number of hydrogen-bond donors (Lipinski definition) is 1. The number of benzene rings is 1. The fourth-order valence-electron chi connectivity index (χ4n) is 2.79. The third kappa shape index (κ3) is 2.97. The lowest BCUT2D eigenvalue weighted by atomic mass is 9.95. The van der Waals surface area contributed by atoms with Crippen molar-refractivity contribution in [2.45, 2.75) is 37.0 Å². The van der Waals surface area contributed by atoms with Gasteiger partial charge >= 0.3 is 0 Å². The summed E-state index contributed by atoms with van der Waals surface area (Å²) in [6.45, 7) is 0. The van der Waals surface area contributed by atoms with Gasteiger partial charge in [-0.25, -0.2) is 0 Å². The van der Waals surface area contributed by atoms with Crippen molar-refractivity contribution in [3.05, 3.63) is 28.3 Å². The standard InChI is InChI=1S/C14H17N3O3S/c1-21-13-5-3-2-4-11(13)16-14-15-10-7-6-9(17(18)19)8-12(10)20-14/h6-8,11,13H,2-5H2,1H3,(H,15,16). The number of anilines is 1. The van der Waals surface area contributed by atoms with E-state index in [2.05, 4.69) is 16.6 Å². The highest BCUT2D eigenvalue weighted by Gasteiger charge is 2.25. The molecule has 1 aliphatic carbocycles. The summed E-state index contributed by atoms with van der Waals surface area (Å²) in [5.74, 6) is 0. The van der Waals surface area contributed by atoms with Crippen LogP contribution in [-0.2, 0) is 0 Å². The Balaban J connectivity index is 1.82. The molecule has 3 rings (SSSR count). The molecule has 0 aliphatic heterocycles. The topological polar surface area (TPSA) is 81.2 Å². The zero-order valence-corrected chi connectivity index (χ0v) is 12.6. The number of nitrogens with one attached hydrogen (secondary N) is 1. The number of thioether (sulfide) groups is 1. The van der Waals surface area contributed by atoms with E-state index < -0.39 is 4.92 Å². The SMILES string of the molecule is CSC1CCCCC1Nc1nc2ccc([N+](=O)[O-])cc2o1. The highest BCUT2D eigenvalue weighted by molar-refractivity contribution is 7.99. The van der Waals surface area contributed by atoms with E-state index in [4.69, 9.17) is 4.42 Å². The Hall–Kier alpha value is -1.76. The average Bonchev–Trinajstić information content (AvgIpc) is 2.89. The van der Waals surface area contributed by atoms with Crippen molar-refractivity contribution >= 4 is 34.6 Å². The molecule has 0 bridgehead atoms. The first-order chi connectivity index (χ1) is 10.2. The van der Waals surface area contributed by atoms with Crippen LogP contribution in [0.1, 0.15) is 25.7 Å². The zero-order valence-electron chi connectivity index (χ0n) is 11.7. The summed E-state index contributed by atoms with van der Waals surface area (Å²) >= 11 is 1.87. The van der Waals surface area contributed by atoms with Gasteiger partial charge in [0.25, 0.3) is 11.7 Å². The molecule has 1 saturated carbocycles. The van der Waals surface area contributed by atoms with Crippen molar-refractivity contribution in [3.63, 3.8) is 0 Å². The minimum absolute atomic E-state index is 0.0184. The molecule has 112 valence electrons. The molecule has 1 aromatic heterocycles. The molecule has 0 spiro atoms. The van der Waals surface area contributed by atoms with Gasteiger partial charge in [0, 0.05) is 17.4 Å². The van der Waals surface area contributed by atoms with Crippen LogP contribution in [-0.4, -0.2) is 27.5 Å². The maximum absolute atomic E-state index is 10.8. The number of oxazole rings is 1. The van der Waals surface area contributed by atoms with Gasteiger partial charge in [0.05, 0.1) is 11.0 Å². The quantitative estimate of drug-likeness (QED) is 0.683. The Labute approximate surface area is 126 Å². The van der Waals surface area contributed by atoms with E-state index in [0.29, 0.717) is 28.4 Å². The van der Waals surface area contributed by atoms with E-state index in [1.807, 2.05) is 11.8 Å². The molecule has 2 atom stereocenters. The van der Waals surface area contributed by atoms with Gasteiger partial charge in [-0.1, -0.05) is 12.8 Å². The van der Waals surface area contributed by atoms with Crippen LogP contribution >= 0.6 is 11.8 Å². The second-order valence-corrected chi connectivity index (χ2v) is 6.31. The third-order valence-corrected chi connectivity index (χ3v) is 5.07. The first kappa shape index (κ1) is 14.2. The second kappa shape index (κ2) is 5.93. The monoisotopic (exact) mass is 307 g/mol. The van der Waals surface area contributed by atoms with Crippen molar-refractivity contribution in [2.24, 2.45) is 0 Å². The lowest BCUT2D eigenvalue weighted by molar-refractivity contribution is -0.384. The number of nitrogens with zero attached hydrogens (tertiary/aromatic N) is 2. The Bertz CT molecular complexity index is 658. The summed E-state index contributed by atoms with van der Waals surface area (Å²) in [7, 11) is 0. The lowest BCUT2D eigenvalue weighted by Gasteiger charge is -2.30. The largest absolute Gasteiger partial charge is 0.423 e. The van der Waals surface area contributed by atoms with E-state index in [0.717, 1.165) is 6.42 Å². The summed E-state index contributed by atoms with van der Waals surface area (Å²) in [6, 6.07) is 5.28. The minimum Gasteiger partial charge on any atom is -0.423 e. The fraction of sp³-hybridized carbons (Fsp3) is 0.500. The van der Waals surface area contributed by atoms with E-state index >= 15 is 0 Å². The molecule has 0 radical (unpaired) electrons. The van der Waals surface area contributed by atoms with Crippen LogP contribution in [0.5, 0.6) is 0 Å². The Morgan fingerprint density at radius 3 is 3.00 bits per heavy atom. The molecule has 1 N–H and O–H groups in total. The van der Waals surface area contributed by atoms with Crippen LogP contribution < -0.4 is 5.32 Å². The smallest absolute Gasteiger partial charge is 0.295 e. The Kier molecular flexibility index (Phi) is 4.01. The molecule has 2 unspecified atom stereocenters. The van der Waals surface area contributed by atoms with Crippen LogP contribution in [0, 0.1) is 10.1 Å². The number of rotatable bonds is 4. The molecule has 1 heterocycles. The molecular formula is C14H17N3O3S. The summed E-state index contributed by atoms with van der Waals surface area (Å²) in [6.07, 6.45) is 6.90. The summed E-state index contributed by atoms with van der Waals surface area (Å²) in [5, 5.41) is 14.7. The molecule has 1 aliphatic rings. The van der Waals surface area contributed by atoms with Gasteiger partial charge in [-0.15, -0.1) is 0 Å². The Morgan fingerprint density at radius 2 is 2.24 bits per heavy atom. The van der Waals surface area contributed by atoms with Gasteiger partial charge in [0.2, 0.25) is 0 Å². The van der Waals surface area contributed by atoms with Crippen LogP contribution in [0.25, 0.3) is 11.1 Å². The van der Waals surface area contributed by atoms with Gasteiger partial charge in [-0.05, 0) is 25.2 Å². The number of nitro groups is 1. The van der Waals surface area contributed by atoms with Crippen molar-refractivity contribution in [1.82, 2.24) is 4.98 Å². The first-order valence-corrected chi connectivity index (χ1v) is 8.30. The minimum atomic E-state index is -0.431. The summed E-state index contributed by atoms with van der Waals surface area (Å²) in [5.41, 5.74) is 1.10. The van der Waals surface area contributed by atoms with Gasteiger partial charge < -0.3 is 9.73 Å². The predicted molar refractivity (Wildman–Crippen MR) is 83.8 cm³/mol. The number of non-ortho nitro benzene ring substituents is 1. The van der Waals surface area contributed by atoms with Gasteiger partial charge in [0.1, 0.15) is 5.52 Å². The van der Waals surface area contributed by atoms with Gasteiger partial charge in [-0.3, -0.25) is 10.1 Å². The Morgan fingerprint density at radius 1 is 1.43 bits per heavy atom. The maximum Gasteiger partial charge on any atom is 0.295 e. The number of aromatic nitrogens is 1. The van der Waals surface area contributed by atoms with E-state index in [1.54, 1.807) is 6.07 Å². The predicted octanol–water partition coefficient (Wildman–Crippen LogP) is 3.82. The molecule has 1 aromatic carbocycles. The second-order valence-electron chi connectivity index (χ2n) is 5.24. The van der Waals surface area contributed by atoms with E-state index in [1.165, 1.54) is 31.4 Å². The molecule has 1 fully saturated rings. The number of fused-ring (bicyclic) bond motifs is 1. The van der Waals surface area contributed by atoms with Crippen molar-refractivity contribution in [1.29, 1.82) is 0 Å². The van der Waals surface area contributed by atoms with E-state index in [-0.39, 0.29) is 5.69 Å². The zero-order chi connectivity index (χ0) is 14.8. The van der Waals surface area contributed by atoms with Crippen LogP contribution in [0.15, 0.2) is 22.6 Å². The maximum atomic E-state index is 10.8. The molecule has 7 heteroatoms. The first-order valence-electron chi connectivity index (χ1n) is 7.01. The molecule has 6 nitrogen and oxygen atoms in total. The van der Waals surface area contributed by atoms with Gasteiger partial charge in [-0.2, -0.15) is 16.7 Å². The molecule has 2 aromatic rings. The molecule has 0 amide bonds. The number of nitro benzene ring substituents is 1. The molecular weight excluding hydrogens is 290 g/mol. The van der Waals surface area contributed by atoms with E-state index in [9.17, 15) is 10.1 Å². The molecule has 0 saturated heterocycles. The van der Waals surface area contributed by atoms with Crippen LogP contribution in [0.4, 0.5) is 11.7 Å². The fourth-order valence-corrected chi connectivity index (χ4v) is 3.73. The normalized spacial score (nSPS) is 22.3. The highest BCUT2D eigenvalue weighted by atomic mass is 32.2. The number of hydrogen-bond acceptors (Lipinski definition) is 6. The van der Waals surface area contributed by atoms with Gasteiger partial charge in [0.15, 0.2) is 5.58 Å². The third-order valence-electron chi connectivity index (χ3n) is 3.90. The summed E-state index contributed by atoms with van der Waals surface area (Å²) < 4.78 is 5.62. The highest BCUT2D eigenvalue weighted by Crippen LogP contribution is 2.30. The lowest BCUT2D eigenvalue weighted by Crippen LogP contribution is -2.34. The average molecular weight is 307 g/mol. The van der Waals surface area contributed by atoms with Crippen LogP contribution in [0.3, 0.4) is 0 Å². The van der Waals surface area contributed by atoms with Crippen molar-refractivity contribution in [3.8, 4) is 0 Å². The summed E-state index contributed by atoms with van der Waals surface area (Å²) in [4.78, 5) is 14.7.